The van der Waals surface area contributed by atoms with Crippen molar-refractivity contribution < 1.29 is 23.8 Å². The van der Waals surface area contributed by atoms with E-state index in [2.05, 4.69) is 0 Å². The van der Waals surface area contributed by atoms with Gasteiger partial charge >= 0.3 is 5.97 Å². The molecule has 0 amide bonds. The van der Waals surface area contributed by atoms with E-state index in [1.165, 1.54) is 0 Å². The molecule has 5 nitrogen and oxygen atoms in total. The van der Waals surface area contributed by atoms with E-state index in [9.17, 15) is 9.59 Å². The smallest absolute Gasteiger partial charge is 0.306 e. The number of carbonyl (C=O) groups is 2. The summed E-state index contributed by atoms with van der Waals surface area (Å²) < 4.78 is 15.2. The van der Waals surface area contributed by atoms with Gasteiger partial charge in [0.2, 0.25) is 0 Å². The Morgan fingerprint density at radius 2 is 2.00 bits per heavy atom. The zero-order valence-corrected chi connectivity index (χ0v) is 11.9. The first-order valence-electron chi connectivity index (χ1n) is 6.53. The molecule has 1 aromatic carbocycles. The minimum atomic E-state index is -0.353. The fourth-order valence-corrected chi connectivity index (χ4v) is 1.59. The molecule has 0 saturated carbocycles. The van der Waals surface area contributed by atoms with Crippen LogP contribution in [-0.2, 0) is 25.7 Å². The van der Waals surface area contributed by atoms with Crippen molar-refractivity contribution in [2.75, 3.05) is 20.3 Å². The molecule has 5 heteroatoms. The molecule has 0 heterocycles. The second kappa shape index (κ2) is 9.09. The van der Waals surface area contributed by atoms with E-state index in [-0.39, 0.29) is 31.2 Å². The normalized spacial score (nSPS) is 10.1. The van der Waals surface area contributed by atoms with Crippen LogP contribution in [0.1, 0.15) is 25.3 Å². The molecule has 0 atom stereocenters. The van der Waals surface area contributed by atoms with Gasteiger partial charge in [0.05, 0.1) is 26.7 Å². The van der Waals surface area contributed by atoms with Crippen LogP contribution in [0.2, 0.25) is 0 Å². The molecule has 0 bridgehead atoms. The van der Waals surface area contributed by atoms with Gasteiger partial charge in [-0.25, -0.2) is 0 Å². The summed E-state index contributed by atoms with van der Waals surface area (Å²) in [5.74, 6) is 0.286. The Labute approximate surface area is 118 Å². The van der Waals surface area contributed by atoms with E-state index in [4.69, 9.17) is 14.2 Å². The highest BCUT2D eigenvalue weighted by Crippen LogP contribution is 2.13. The molecule has 0 spiro atoms. The lowest BCUT2D eigenvalue weighted by Crippen LogP contribution is -2.12. The summed E-state index contributed by atoms with van der Waals surface area (Å²) in [5, 5.41) is 0. The standard InChI is InChI=1S/C15H20O5/c1-3-20-15(17)8-7-13(16)11-19-10-12-5-4-6-14(9-12)18-2/h4-6,9H,3,7-8,10-11H2,1-2H3. The lowest BCUT2D eigenvalue weighted by molar-refractivity contribution is -0.144. The Morgan fingerprint density at radius 1 is 1.20 bits per heavy atom. The van der Waals surface area contributed by atoms with Crippen molar-refractivity contribution in [3.05, 3.63) is 29.8 Å². The van der Waals surface area contributed by atoms with Crippen LogP contribution >= 0.6 is 0 Å². The fourth-order valence-electron chi connectivity index (χ4n) is 1.59. The van der Waals surface area contributed by atoms with Gasteiger partial charge < -0.3 is 14.2 Å². The van der Waals surface area contributed by atoms with Crippen LogP contribution in [-0.4, -0.2) is 32.1 Å². The Kier molecular flexibility index (Phi) is 7.35. The number of benzene rings is 1. The third kappa shape index (κ3) is 6.33. The van der Waals surface area contributed by atoms with Gasteiger partial charge in [0, 0.05) is 6.42 Å². The van der Waals surface area contributed by atoms with Crippen LogP contribution in [0.3, 0.4) is 0 Å². The van der Waals surface area contributed by atoms with Gasteiger partial charge in [-0.05, 0) is 24.6 Å². The van der Waals surface area contributed by atoms with Gasteiger partial charge in [0.15, 0.2) is 5.78 Å². The molecule has 0 aliphatic heterocycles. The van der Waals surface area contributed by atoms with Crippen molar-refractivity contribution in [3.8, 4) is 5.75 Å². The minimum absolute atomic E-state index is 0.00336. The SMILES string of the molecule is CCOC(=O)CCC(=O)COCc1cccc(OC)c1. The molecule has 0 fully saturated rings. The van der Waals surface area contributed by atoms with E-state index in [0.29, 0.717) is 13.2 Å². The molecule has 0 N–H and O–H groups in total. The molecule has 0 aliphatic carbocycles. The molecule has 0 unspecified atom stereocenters. The van der Waals surface area contributed by atoms with Crippen LogP contribution in [0.25, 0.3) is 0 Å². The van der Waals surface area contributed by atoms with Crippen LogP contribution in [0.4, 0.5) is 0 Å². The van der Waals surface area contributed by atoms with E-state index in [1.807, 2.05) is 24.3 Å². The van der Waals surface area contributed by atoms with Gasteiger partial charge in [0.1, 0.15) is 12.4 Å². The highest BCUT2D eigenvalue weighted by atomic mass is 16.5. The van der Waals surface area contributed by atoms with Crippen molar-refractivity contribution in [1.29, 1.82) is 0 Å². The molecule has 1 aromatic rings. The summed E-state index contributed by atoms with van der Waals surface area (Å²) in [7, 11) is 1.60. The third-order valence-electron chi connectivity index (χ3n) is 2.58. The van der Waals surface area contributed by atoms with Crippen LogP contribution in [0, 0.1) is 0 Å². The van der Waals surface area contributed by atoms with Crippen molar-refractivity contribution in [2.45, 2.75) is 26.4 Å². The van der Waals surface area contributed by atoms with Gasteiger partial charge in [-0.15, -0.1) is 0 Å². The highest BCUT2D eigenvalue weighted by Gasteiger charge is 2.08. The number of ether oxygens (including phenoxy) is 3. The molecule has 1 rings (SSSR count). The number of esters is 1. The zero-order valence-electron chi connectivity index (χ0n) is 11.9. The average molecular weight is 280 g/mol. The maximum absolute atomic E-state index is 11.5. The Hall–Kier alpha value is -1.88. The fraction of sp³-hybridized carbons (Fsp3) is 0.467. The first-order valence-corrected chi connectivity index (χ1v) is 6.53. The Balaban J connectivity index is 2.22. The summed E-state index contributed by atoms with van der Waals surface area (Å²) in [6.07, 6.45) is 0.256. The van der Waals surface area contributed by atoms with Gasteiger partial charge in [-0.2, -0.15) is 0 Å². The monoisotopic (exact) mass is 280 g/mol. The van der Waals surface area contributed by atoms with Crippen LogP contribution in [0.5, 0.6) is 5.75 Å². The summed E-state index contributed by atoms with van der Waals surface area (Å²) in [4.78, 5) is 22.6. The summed E-state index contributed by atoms with van der Waals surface area (Å²) in [6.45, 7) is 2.40. The molecular formula is C15H20O5. The molecule has 0 radical (unpaired) electrons. The van der Waals surface area contributed by atoms with Gasteiger partial charge in [-0.1, -0.05) is 12.1 Å². The number of Topliss-reactive ketones (excluding diaryl/α,β-unsaturated/α-hetero) is 1. The number of hydrogen-bond donors (Lipinski definition) is 0. The van der Waals surface area contributed by atoms with Crippen molar-refractivity contribution >= 4 is 11.8 Å². The van der Waals surface area contributed by atoms with E-state index >= 15 is 0 Å². The van der Waals surface area contributed by atoms with Crippen molar-refractivity contribution in [3.63, 3.8) is 0 Å². The largest absolute Gasteiger partial charge is 0.497 e. The first-order chi connectivity index (χ1) is 9.65. The van der Waals surface area contributed by atoms with Crippen molar-refractivity contribution in [1.82, 2.24) is 0 Å². The molecule has 20 heavy (non-hydrogen) atoms. The summed E-state index contributed by atoms with van der Waals surface area (Å²) >= 11 is 0. The Morgan fingerprint density at radius 3 is 2.70 bits per heavy atom. The second-order valence-electron chi connectivity index (χ2n) is 4.19. The lowest BCUT2D eigenvalue weighted by Gasteiger charge is -2.06. The predicted molar refractivity (Wildman–Crippen MR) is 73.5 cm³/mol. The topological polar surface area (TPSA) is 61.8 Å². The number of ketones is 1. The molecule has 110 valence electrons. The maximum Gasteiger partial charge on any atom is 0.306 e. The maximum atomic E-state index is 11.5. The quantitative estimate of drug-likeness (QED) is 0.648. The van der Waals surface area contributed by atoms with E-state index < -0.39 is 0 Å². The van der Waals surface area contributed by atoms with Gasteiger partial charge in [0.25, 0.3) is 0 Å². The number of hydrogen-bond acceptors (Lipinski definition) is 5. The summed E-state index contributed by atoms with van der Waals surface area (Å²) in [6, 6.07) is 7.45. The minimum Gasteiger partial charge on any atom is -0.497 e. The third-order valence-corrected chi connectivity index (χ3v) is 2.58. The first kappa shape index (κ1) is 16.2. The number of methoxy groups -OCH3 is 1. The van der Waals surface area contributed by atoms with E-state index in [0.717, 1.165) is 11.3 Å². The molecular weight excluding hydrogens is 260 g/mol. The predicted octanol–water partition coefficient (Wildman–Crippen LogP) is 2.12. The lowest BCUT2D eigenvalue weighted by atomic mass is 10.2. The van der Waals surface area contributed by atoms with E-state index in [1.54, 1.807) is 14.0 Å². The zero-order chi connectivity index (χ0) is 14.8. The summed E-state index contributed by atoms with van der Waals surface area (Å²) in [5.41, 5.74) is 0.933. The molecule has 0 aliphatic rings. The average Bonchev–Trinajstić information content (AvgIpc) is 2.46. The molecule has 0 aromatic heterocycles. The second-order valence-corrected chi connectivity index (χ2v) is 4.19. The number of rotatable bonds is 9. The van der Waals surface area contributed by atoms with Crippen molar-refractivity contribution in [2.24, 2.45) is 0 Å². The number of carbonyl (C=O) groups excluding carboxylic acids is 2. The van der Waals surface area contributed by atoms with Crippen LogP contribution in [0.15, 0.2) is 24.3 Å². The molecule has 0 saturated heterocycles. The Bertz CT molecular complexity index is 442. The highest BCUT2D eigenvalue weighted by molar-refractivity contribution is 5.83. The van der Waals surface area contributed by atoms with Gasteiger partial charge in [-0.3, -0.25) is 9.59 Å². The van der Waals surface area contributed by atoms with Crippen LogP contribution < -0.4 is 4.74 Å².